The predicted octanol–water partition coefficient (Wildman–Crippen LogP) is 4.97. The molecule has 0 saturated heterocycles. The molecule has 4 nitrogen and oxygen atoms in total. The average Bonchev–Trinajstić information content (AvgIpc) is 2.58. The summed E-state index contributed by atoms with van der Waals surface area (Å²) in [6, 6.07) is 0. The minimum atomic E-state index is -0.968. The number of unbranched alkanes of at least 4 members (excludes halogenated alkanes) is 14. The van der Waals surface area contributed by atoms with Crippen molar-refractivity contribution < 1.29 is 14.7 Å². The van der Waals surface area contributed by atoms with Gasteiger partial charge < -0.3 is 10.8 Å². The van der Waals surface area contributed by atoms with Gasteiger partial charge in [-0.05, 0) is 0 Å². The van der Waals surface area contributed by atoms with Gasteiger partial charge in [0, 0.05) is 0 Å². The Hall–Kier alpha value is 0.1000. The Labute approximate surface area is 173 Å². The summed E-state index contributed by atoms with van der Waals surface area (Å²) in [6.45, 7) is 2.00. The van der Waals surface area contributed by atoms with E-state index >= 15 is 0 Å². The van der Waals surface area contributed by atoms with Crippen molar-refractivity contribution in [1.29, 1.82) is 0 Å². The summed E-state index contributed by atoms with van der Waals surface area (Å²) in [5.41, 5.74) is 4.57. The number of hydrogen-bond donors (Lipinski definition) is 2. The van der Waals surface area contributed by atoms with Crippen molar-refractivity contribution in [3.05, 3.63) is 0 Å². The average molecular weight is 366 g/mol. The van der Waals surface area contributed by atoms with Gasteiger partial charge in [0.2, 0.25) is 0 Å². The van der Waals surface area contributed by atoms with E-state index in [4.69, 9.17) is 5.11 Å². The largest absolute Gasteiger partial charge is 0.480 e. The SMILES string of the molecule is CCCCCCCCCCCCCCCCC[C](=O)[Na].NCC(=O)O. The summed E-state index contributed by atoms with van der Waals surface area (Å²) >= 11 is 0.751. The molecule has 3 N–H and O–H groups in total. The van der Waals surface area contributed by atoms with Gasteiger partial charge in [-0.3, -0.25) is 4.79 Å². The zero-order chi connectivity index (χ0) is 19.2. The third-order valence-electron chi connectivity index (χ3n) is 4.31. The first-order valence-corrected chi connectivity index (χ1v) is 11.5. The van der Waals surface area contributed by atoms with E-state index in [1.807, 2.05) is 0 Å². The van der Waals surface area contributed by atoms with Crippen molar-refractivity contribution in [2.45, 2.75) is 110 Å². The topological polar surface area (TPSA) is 80.4 Å². The zero-order valence-corrected chi connectivity index (χ0v) is 18.9. The molecule has 0 aromatic heterocycles. The fourth-order valence-corrected chi connectivity index (χ4v) is 3.10. The molecule has 0 heterocycles. The van der Waals surface area contributed by atoms with Crippen molar-refractivity contribution in [3.8, 4) is 0 Å². The van der Waals surface area contributed by atoms with Crippen molar-refractivity contribution in [3.63, 3.8) is 0 Å². The van der Waals surface area contributed by atoms with Crippen LogP contribution in [0.15, 0.2) is 0 Å². The zero-order valence-electron chi connectivity index (χ0n) is 16.9. The summed E-state index contributed by atoms with van der Waals surface area (Å²) in [5, 5.41) is 7.60. The molecule has 144 valence electrons. The van der Waals surface area contributed by atoms with Crippen LogP contribution in [-0.4, -0.2) is 48.6 Å². The van der Waals surface area contributed by atoms with Crippen LogP contribution < -0.4 is 5.73 Å². The Bertz CT molecular complexity index is 299. The van der Waals surface area contributed by atoms with Crippen LogP contribution in [0.25, 0.3) is 0 Å². The predicted molar refractivity (Wildman–Crippen MR) is 107 cm³/mol. The van der Waals surface area contributed by atoms with Gasteiger partial charge in [0.15, 0.2) is 0 Å². The van der Waals surface area contributed by atoms with Crippen molar-refractivity contribution >= 4 is 36.9 Å². The third-order valence-corrected chi connectivity index (χ3v) is 4.81. The van der Waals surface area contributed by atoms with Crippen LogP contribution in [0, 0.1) is 0 Å². The number of nitrogens with two attached hydrogens (primary N) is 1. The van der Waals surface area contributed by atoms with Gasteiger partial charge in [-0.25, -0.2) is 0 Å². The van der Waals surface area contributed by atoms with Gasteiger partial charge in [-0.15, -0.1) is 0 Å². The second-order valence-electron chi connectivity index (χ2n) is 7.00. The molecule has 5 heteroatoms. The number of hydrogen-bond acceptors (Lipinski definition) is 3. The fraction of sp³-hybridized carbons (Fsp3) is 0.900. The molecular formula is C20H40NNaO3. The van der Waals surface area contributed by atoms with Crippen LogP contribution in [0.1, 0.15) is 110 Å². The summed E-state index contributed by atoms with van der Waals surface area (Å²) in [6.07, 6.45) is 21.8. The van der Waals surface area contributed by atoms with E-state index in [0.717, 1.165) is 40.8 Å². The summed E-state index contributed by atoms with van der Waals surface area (Å²) < 4.78 is 0.486. The standard InChI is InChI=1S/C18H35O.C2H5NO2.Na/c1-2-3-4-5-6-7-8-9-10-11-12-13-14-15-16-17-18-19;3-1-2(4)5;/h2-17H2,1H3;1,3H2,(H,4,5);. The molecule has 0 aromatic rings. The smallest absolute Gasteiger partial charge is 0.317 e. The molecule has 0 aromatic carbocycles. The van der Waals surface area contributed by atoms with E-state index in [-0.39, 0.29) is 6.54 Å². The third kappa shape index (κ3) is 32.3. The number of carboxylic acids is 1. The summed E-state index contributed by atoms with van der Waals surface area (Å²) in [5.74, 6) is -0.968. The molecule has 0 aliphatic rings. The molecule has 0 saturated carbocycles. The quantitative estimate of drug-likeness (QED) is 0.282. The van der Waals surface area contributed by atoms with E-state index in [0.29, 0.717) is 3.03 Å². The van der Waals surface area contributed by atoms with Crippen molar-refractivity contribution in [2.75, 3.05) is 6.54 Å². The van der Waals surface area contributed by atoms with Gasteiger partial charge >= 0.3 is 112 Å². The Morgan fingerprint density at radius 1 is 0.720 bits per heavy atom. The minimum Gasteiger partial charge on any atom is -0.480 e. The Balaban J connectivity index is 0. The maximum Gasteiger partial charge on any atom is 0.317 e. The van der Waals surface area contributed by atoms with E-state index < -0.39 is 5.97 Å². The monoisotopic (exact) mass is 365 g/mol. The van der Waals surface area contributed by atoms with Crippen LogP contribution in [0.2, 0.25) is 0 Å². The second kappa shape index (κ2) is 24.1. The van der Waals surface area contributed by atoms with Crippen LogP contribution >= 0.6 is 0 Å². The molecule has 25 heavy (non-hydrogen) atoms. The number of carbonyl (C=O) groups is 2. The Morgan fingerprint density at radius 3 is 1.24 bits per heavy atom. The van der Waals surface area contributed by atoms with Gasteiger partial charge in [-0.2, -0.15) is 0 Å². The van der Waals surface area contributed by atoms with Crippen molar-refractivity contribution in [2.24, 2.45) is 5.73 Å². The Morgan fingerprint density at radius 2 is 1.00 bits per heavy atom. The number of rotatable bonds is 17. The fourth-order valence-electron chi connectivity index (χ4n) is 2.75. The summed E-state index contributed by atoms with van der Waals surface area (Å²) in [4.78, 5) is 20.1. The number of carboxylic acid groups (broad SMARTS) is 1. The molecule has 0 unspecified atom stereocenters. The maximum atomic E-state index is 10.8. The van der Waals surface area contributed by atoms with E-state index in [1.165, 1.54) is 89.9 Å². The van der Waals surface area contributed by atoms with Crippen LogP contribution in [-0.2, 0) is 9.59 Å². The number of aliphatic carboxylic acids is 1. The molecule has 0 amide bonds. The molecule has 0 atom stereocenters. The molecular weight excluding hydrogens is 325 g/mol. The molecule has 0 aliphatic carbocycles. The van der Waals surface area contributed by atoms with E-state index in [9.17, 15) is 9.59 Å². The summed E-state index contributed by atoms with van der Waals surface area (Å²) in [7, 11) is 0. The van der Waals surface area contributed by atoms with Gasteiger partial charge in [-0.1, -0.05) is 39.0 Å². The van der Waals surface area contributed by atoms with Gasteiger partial charge in [0.1, 0.15) is 0 Å². The minimum absolute atomic E-state index is 0.278. The first kappa shape index (κ1) is 27.3. The molecule has 0 bridgehead atoms. The number of carbonyl (C=O) groups excluding carboxylic acids is 1. The molecule has 0 rings (SSSR count). The van der Waals surface area contributed by atoms with Gasteiger partial charge in [0.25, 0.3) is 0 Å². The first-order valence-electron chi connectivity index (χ1n) is 10.5. The van der Waals surface area contributed by atoms with Crippen LogP contribution in [0.3, 0.4) is 0 Å². The van der Waals surface area contributed by atoms with Gasteiger partial charge in [0.05, 0.1) is 6.54 Å². The maximum absolute atomic E-state index is 10.8. The first-order chi connectivity index (χ1) is 12.0. The normalized spacial score (nSPS) is 10.2. The van der Waals surface area contributed by atoms with E-state index in [1.54, 1.807) is 0 Å². The van der Waals surface area contributed by atoms with Crippen LogP contribution in [0.4, 0.5) is 0 Å². The molecule has 0 fully saturated rings. The molecule has 0 spiro atoms. The Kier molecular flexibility index (Phi) is 26.3. The van der Waals surface area contributed by atoms with Crippen molar-refractivity contribution in [1.82, 2.24) is 0 Å². The van der Waals surface area contributed by atoms with Crippen LogP contribution in [0.5, 0.6) is 0 Å². The van der Waals surface area contributed by atoms with E-state index in [2.05, 4.69) is 12.7 Å². The molecule has 0 radical (unpaired) electrons. The molecule has 0 aliphatic heterocycles. The second-order valence-corrected chi connectivity index (χ2v) is 8.11.